The number of thioether (sulfide) groups is 1. The molecule has 4 aromatic rings. The quantitative estimate of drug-likeness (QED) is 0.345. The Bertz CT molecular complexity index is 1350. The van der Waals surface area contributed by atoms with E-state index in [-0.39, 0.29) is 11.5 Å². The van der Waals surface area contributed by atoms with E-state index in [1.165, 1.54) is 11.8 Å². The van der Waals surface area contributed by atoms with E-state index >= 15 is 0 Å². The van der Waals surface area contributed by atoms with Gasteiger partial charge in [0.25, 0.3) is 5.56 Å². The van der Waals surface area contributed by atoms with Crippen LogP contribution in [0.25, 0.3) is 16.6 Å². The van der Waals surface area contributed by atoms with Crippen molar-refractivity contribution in [1.29, 1.82) is 0 Å². The molecule has 0 bridgehead atoms. The maximum atomic E-state index is 13.4. The van der Waals surface area contributed by atoms with Gasteiger partial charge in [-0.15, -0.1) is 0 Å². The Hall–Kier alpha value is -3.10. The van der Waals surface area contributed by atoms with Crippen LogP contribution in [-0.2, 0) is 4.79 Å². The van der Waals surface area contributed by atoms with Gasteiger partial charge in [0.2, 0.25) is 5.91 Å². The largest absolute Gasteiger partial charge is 0.360 e. The molecular weight excluding hydrogens is 436 g/mol. The summed E-state index contributed by atoms with van der Waals surface area (Å²) < 4.78 is 6.53. The van der Waals surface area contributed by atoms with Crippen molar-refractivity contribution in [3.05, 3.63) is 75.2 Å². The van der Waals surface area contributed by atoms with Crippen molar-refractivity contribution in [1.82, 2.24) is 14.7 Å². The number of benzene rings is 2. The van der Waals surface area contributed by atoms with E-state index in [4.69, 9.17) is 16.1 Å². The minimum atomic E-state index is -0.559. The molecule has 1 N–H and O–H groups in total. The van der Waals surface area contributed by atoms with Crippen molar-refractivity contribution >= 4 is 46.0 Å². The number of nitrogens with one attached hydrogen (secondary N) is 1. The molecular formula is C22H19ClN4O3S. The van der Waals surface area contributed by atoms with Crippen LogP contribution in [0.3, 0.4) is 0 Å². The van der Waals surface area contributed by atoms with E-state index in [9.17, 15) is 9.59 Å². The summed E-state index contributed by atoms with van der Waals surface area (Å²) in [5, 5.41) is 7.27. The van der Waals surface area contributed by atoms with Crippen LogP contribution in [0.4, 0.5) is 5.82 Å². The molecule has 158 valence electrons. The Kier molecular flexibility index (Phi) is 5.84. The second kappa shape index (κ2) is 8.56. The fraction of sp³-hybridized carbons (Fsp3) is 0.182. The maximum Gasteiger partial charge on any atom is 0.266 e. The van der Waals surface area contributed by atoms with Gasteiger partial charge in [0, 0.05) is 11.1 Å². The van der Waals surface area contributed by atoms with E-state index in [1.807, 2.05) is 31.2 Å². The topological polar surface area (TPSA) is 90.0 Å². The highest BCUT2D eigenvalue weighted by molar-refractivity contribution is 8.00. The van der Waals surface area contributed by atoms with Gasteiger partial charge in [0.1, 0.15) is 5.76 Å². The van der Waals surface area contributed by atoms with Crippen LogP contribution in [0.15, 0.2) is 63.0 Å². The zero-order valence-corrected chi connectivity index (χ0v) is 18.6. The molecule has 0 saturated heterocycles. The van der Waals surface area contributed by atoms with Crippen LogP contribution in [0, 0.1) is 13.8 Å². The second-order valence-electron chi connectivity index (χ2n) is 7.06. The van der Waals surface area contributed by atoms with Gasteiger partial charge in [-0.1, -0.05) is 46.7 Å². The smallest absolute Gasteiger partial charge is 0.266 e. The van der Waals surface area contributed by atoms with Gasteiger partial charge >= 0.3 is 0 Å². The fourth-order valence-corrected chi connectivity index (χ4v) is 4.20. The summed E-state index contributed by atoms with van der Waals surface area (Å²) in [6, 6.07) is 14.1. The Morgan fingerprint density at radius 2 is 1.97 bits per heavy atom. The third kappa shape index (κ3) is 4.35. The highest BCUT2D eigenvalue weighted by Gasteiger charge is 2.22. The van der Waals surface area contributed by atoms with Crippen molar-refractivity contribution in [2.75, 3.05) is 5.32 Å². The lowest BCUT2D eigenvalue weighted by atomic mass is 10.2. The number of hydrogen-bond donors (Lipinski definition) is 1. The number of amides is 1. The van der Waals surface area contributed by atoms with Crippen molar-refractivity contribution in [3.63, 3.8) is 0 Å². The third-order valence-corrected chi connectivity index (χ3v) is 5.98. The van der Waals surface area contributed by atoms with Gasteiger partial charge in [-0.25, -0.2) is 4.98 Å². The number of hydrogen-bond acceptors (Lipinski definition) is 6. The average molecular weight is 455 g/mol. The van der Waals surface area contributed by atoms with Gasteiger partial charge in [0.15, 0.2) is 11.0 Å². The van der Waals surface area contributed by atoms with Crippen LogP contribution in [0.5, 0.6) is 0 Å². The zero-order valence-electron chi connectivity index (χ0n) is 17.0. The molecule has 7 nitrogen and oxygen atoms in total. The summed E-state index contributed by atoms with van der Waals surface area (Å²) in [7, 11) is 0. The van der Waals surface area contributed by atoms with Crippen LogP contribution < -0.4 is 10.9 Å². The normalized spacial score (nSPS) is 12.1. The molecule has 0 aliphatic carbocycles. The number of aryl methyl sites for hydroxylation is 2. The first-order valence-electron chi connectivity index (χ1n) is 9.52. The molecule has 1 atom stereocenters. The SMILES string of the molecule is Cc1cc(NC(=O)C(C)Sc2nc3cc(Cl)ccc3c(=O)n2-c2ccccc2C)no1. The lowest BCUT2D eigenvalue weighted by Crippen LogP contribution is -2.26. The Morgan fingerprint density at radius 3 is 2.68 bits per heavy atom. The summed E-state index contributed by atoms with van der Waals surface area (Å²) in [6.45, 7) is 5.40. The molecule has 2 heterocycles. The summed E-state index contributed by atoms with van der Waals surface area (Å²) in [6.07, 6.45) is 0. The van der Waals surface area contributed by atoms with Crippen LogP contribution in [-0.4, -0.2) is 25.9 Å². The molecule has 4 rings (SSSR count). The molecule has 0 spiro atoms. The molecule has 2 aromatic heterocycles. The van der Waals surface area contributed by atoms with E-state index in [1.54, 1.807) is 42.7 Å². The second-order valence-corrected chi connectivity index (χ2v) is 8.80. The van der Waals surface area contributed by atoms with Gasteiger partial charge in [-0.05, 0) is 50.6 Å². The lowest BCUT2D eigenvalue weighted by Gasteiger charge is -2.17. The molecule has 0 fully saturated rings. The van der Waals surface area contributed by atoms with E-state index in [2.05, 4.69) is 15.5 Å². The van der Waals surface area contributed by atoms with Crippen molar-refractivity contribution in [2.24, 2.45) is 0 Å². The molecule has 1 unspecified atom stereocenters. The first-order chi connectivity index (χ1) is 14.8. The van der Waals surface area contributed by atoms with E-state index in [0.717, 1.165) is 5.56 Å². The number of halogens is 1. The number of fused-ring (bicyclic) bond motifs is 1. The van der Waals surface area contributed by atoms with Crippen LogP contribution >= 0.6 is 23.4 Å². The van der Waals surface area contributed by atoms with E-state index in [0.29, 0.717) is 38.3 Å². The number of carbonyl (C=O) groups is 1. The fourth-order valence-electron chi connectivity index (χ4n) is 3.11. The molecule has 0 aliphatic heterocycles. The van der Waals surface area contributed by atoms with Gasteiger partial charge in [-0.3, -0.25) is 14.2 Å². The number of aromatic nitrogens is 3. The summed E-state index contributed by atoms with van der Waals surface area (Å²) in [4.78, 5) is 30.8. The predicted octanol–water partition coefficient (Wildman–Crippen LogP) is 4.76. The summed E-state index contributed by atoms with van der Waals surface area (Å²) in [5.74, 6) is 0.650. The Labute approximate surface area is 187 Å². The third-order valence-electron chi connectivity index (χ3n) is 4.69. The highest BCUT2D eigenvalue weighted by atomic mass is 35.5. The molecule has 2 aromatic carbocycles. The van der Waals surface area contributed by atoms with Crippen molar-refractivity contribution in [3.8, 4) is 5.69 Å². The number of rotatable bonds is 5. The molecule has 1 amide bonds. The maximum absolute atomic E-state index is 13.4. The minimum absolute atomic E-state index is 0.224. The number of para-hydroxylation sites is 1. The summed E-state index contributed by atoms with van der Waals surface area (Å²) >= 11 is 7.30. The Morgan fingerprint density at radius 1 is 1.19 bits per heavy atom. The van der Waals surface area contributed by atoms with Crippen molar-refractivity contribution in [2.45, 2.75) is 31.2 Å². The molecule has 31 heavy (non-hydrogen) atoms. The van der Waals surface area contributed by atoms with Gasteiger partial charge in [-0.2, -0.15) is 0 Å². The van der Waals surface area contributed by atoms with E-state index < -0.39 is 5.25 Å². The highest BCUT2D eigenvalue weighted by Crippen LogP contribution is 2.27. The van der Waals surface area contributed by atoms with Crippen LogP contribution in [0.1, 0.15) is 18.2 Å². The van der Waals surface area contributed by atoms with Gasteiger partial charge < -0.3 is 9.84 Å². The monoisotopic (exact) mass is 454 g/mol. The lowest BCUT2D eigenvalue weighted by molar-refractivity contribution is -0.115. The molecule has 0 saturated carbocycles. The first kappa shape index (κ1) is 21.1. The molecule has 0 radical (unpaired) electrons. The minimum Gasteiger partial charge on any atom is -0.360 e. The predicted molar refractivity (Wildman–Crippen MR) is 122 cm³/mol. The molecule has 9 heteroatoms. The van der Waals surface area contributed by atoms with Crippen molar-refractivity contribution < 1.29 is 9.32 Å². The first-order valence-corrected chi connectivity index (χ1v) is 10.8. The van der Waals surface area contributed by atoms with Crippen LogP contribution in [0.2, 0.25) is 5.02 Å². The number of carbonyl (C=O) groups excluding carboxylic acids is 1. The standard InChI is InChI=1S/C22H19ClN4O3S/c1-12-6-4-5-7-18(12)27-21(29)16-9-8-15(23)11-17(16)24-22(27)31-14(3)20(28)25-19-10-13(2)30-26-19/h4-11,14H,1-3H3,(H,25,26,28). The Balaban J connectivity index is 1.78. The summed E-state index contributed by atoms with van der Waals surface area (Å²) in [5.41, 5.74) is 1.87. The number of nitrogens with zero attached hydrogens (tertiary/aromatic N) is 3. The van der Waals surface area contributed by atoms with Gasteiger partial charge in [0.05, 0.1) is 21.8 Å². The molecule has 0 aliphatic rings. The zero-order chi connectivity index (χ0) is 22.1. The number of anilines is 1. The average Bonchev–Trinajstić information content (AvgIpc) is 3.13.